The number of fused-ring (bicyclic) bond motifs is 1. The second-order valence-corrected chi connectivity index (χ2v) is 6.49. The SMILES string of the molecule is CCCN1CC(Nc2cc(-c3ccccc3F)nc3ccnn23)CC1=O. The van der Waals surface area contributed by atoms with Gasteiger partial charge in [-0.1, -0.05) is 19.1 Å². The van der Waals surface area contributed by atoms with Gasteiger partial charge in [0.15, 0.2) is 5.65 Å². The van der Waals surface area contributed by atoms with Gasteiger partial charge in [0.2, 0.25) is 5.91 Å². The highest BCUT2D eigenvalue weighted by atomic mass is 19.1. The minimum atomic E-state index is -0.319. The molecule has 1 atom stereocenters. The normalized spacial score (nSPS) is 17.2. The summed E-state index contributed by atoms with van der Waals surface area (Å²) in [5.41, 5.74) is 1.60. The van der Waals surface area contributed by atoms with Gasteiger partial charge in [-0.3, -0.25) is 4.79 Å². The molecule has 4 rings (SSSR count). The van der Waals surface area contributed by atoms with Gasteiger partial charge in [-0.15, -0.1) is 0 Å². The third-order valence-electron chi connectivity index (χ3n) is 4.57. The van der Waals surface area contributed by atoms with Crippen molar-refractivity contribution < 1.29 is 9.18 Å². The van der Waals surface area contributed by atoms with E-state index >= 15 is 0 Å². The standard InChI is InChI=1S/C19H20FN5O/c1-2-9-24-12-13(10-19(24)26)22-18-11-16(14-5-3-4-6-15(14)20)23-17-7-8-21-25(17)18/h3-8,11,13,22H,2,9-10,12H2,1H3. The van der Waals surface area contributed by atoms with Crippen LogP contribution in [0.2, 0.25) is 0 Å². The topological polar surface area (TPSA) is 62.5 Å². The van der Waals surface area contributed by atoms with E-state index in [2.05, 4.69) is 22.3 Å². The molecule has 0 saturated carbocycles. The predicted octanol–water partition coefficient (Wildman–Crippen LogP) is 2.96. The van der Waals surface area contributed by atoms with Crippen LogP contribution in [0.15, 0.2) is 42.6 Å². The van der Waals surface area contributed by atoms with Gasteiger partial charge >= 0.3 is 0 Å². The molecule has 0 spiro atoms. The lowest BCUT2D eigenvalue weighted by Gasteiger charge is -2.17. The molecule has 3 aromatic rings. The van der Waals surface area contributed by atoms with Crippen LogP contribution in [0.5, 0.6) is 0 Å². The minimum absolute atomic E-state index is 0.00248. The lowest BCUT2D eigenvalue weighted by Crippen LogP contribution is -2.29. The molecule has 1 aliphatic rings. The predicted molar refractivity (Wildman–Crippen MR) is 97.3 cm³/mol. The fourth-order valence-corrected chi connectivity index (χ4v) is 3.39. The van der Waals surface area contributed by atoms with Crippen LogP contribution in [0.25, 0.3) is 16.9 Å². The quantitative estimate of drug-likeness (QED) is 0.766. The van der Waals surface area contributed by atoms with E-state index in [0.717, 1.165) is 13.0 Å². The zero-order valence-electron chi connectivity index (χ0n) is 14.5. The van der Waals surface area contributed by atoms with Crippen molar-refractivity contribution in [2.24, 2.45) is 0 Å². The average Bonchev–Trinajstić information content (AvgIpc) is 3.22. The van der Waals surface area contributed by atoms with Gasteiger partial charge in [-0.05, 0) is 18.6 Å². The number of likely N-dealkylation sites (tertiary alicyclic amines) is 1. The number of halogens is 1. The van der Waals surface area contributed by atoms with Crippen molar-refractivity contribution in [3.8, 4) is 11.3 Å². The van der Waals surface area contributed by atoms with E-state index < -0.39 is 0 Å². The number of aromatic nitrogens is 3. The highest BCUT2D eigenvalue weighted by molar-refractivity contribution is 5.80. The number of nitrogens with one attached hydrogen (secondary N) is 1. The summed E-state index contributed by atoms with van der Waals surface area (Å²) < 4.78 is 15.9. The molecule has 1 saturated heterocycles. The number of anilines is 1. The van der Waals surface area contributed by atoms with E-state index in [4.69, 9.17) is 0 Å². The zero-order chi connectivity index (χ0) is 18.1. The molecule has 2 aromatic heterocycles. The Morgan fingerprint density at radius 3 is 2.96 bits per heavy atom. The average molecular weight is 353 g/mol. The van der Waals surface area contributed by atoms with E-state index in [1.807, 2.05) is 4.90 Å². The first-order valence-electron chi connectivity index (χ1n) is 8.79. The van der Waals surface area contributed by atoms with E-state index in [1.54, 1.807) is 41.0 Å². The summed E-state index contributed by atoms with van der Waals surface area (Å²) in [6.07, 6.45) is 3.04. The summed E-state index contributed by atoms with van der Waals surface area (Å²) in [6.45, 7) is 3.49. The lowest BCUT2D eigenvalue weighted by molar-refractivity contribution is -0.127. The van der Waals surface area contributed by atoms with Crippen molar-refractivity contribution in [3.63, 3.8) is 0 Å². The van der Waals surface area contributed by atoms with Gasteiger partial charge in [-0.25, -0.2) is 9.37 Å². The maximum Gasteiger partial charge on any atom is 0.224 e. The highest BCUT2D eigenvalue weighted by Gasteiger charge is 2.29. The third kappa shape index (κ3) is 3.00. The molecule has 0 radical (unpaired) electrons. The van der Waals surface area contributed by atoms with Crippen molar-refractivity contribution in [2.45, 2.75) is 25.8 Å². The van der Waals surface area contributed by atoms with E-state index in [1.165, 1.54) is 6.07 Å². The van der Waals surface area contributed by atoms with E-state index in [0.29, 0.717) is 35.7 Å². The molecule has 1 aliphatic heterocycles. The molecular formula is C19H20FN5O. The largest absolute Gasteiger partial charge is 0.365 e. The van der Waals surface area contributed by atoms with Crippen LogP contribution in [0.4, 0.5) is 10.2 Å². The molecule has 1 fully saturated rings. The molecule has 1 unspecified atom stereocenters. The van der Waals surface area contributed by atoms with Crippen LogP contribution in [0, 0.1) is 5.82 Å². The second-order valence-electron chi connectivity index (χ2n) is 6.49. The summed E-state index contributed by atoms with van der Waals surface area (Å²) >= 11 is 0. The van der Waals surface area contributed by atoms with Crippen molar-refractivity contribution >= 4 is 17.4 Å². The first kappa shape index (κ1) is 16.5. The fourth-order valence-electron chi connectivity index (χ4n) is 3.39. The third-order valence-corrected chi connectivity index (χ3v) is 4.57. The molecule has 1 aromatic carbocycles. The van der Waals surface area contributed by atoms with Gasteiger partial charge in [0.25, 0.3) is 0 Å². The van der Waals surface area contributed by atoms with Crippen molar-refractivity contribution in [1.29, 1.82) is 0 Å². The fraction of sp³-hybridized carbons (Fsp3) is 0.316. The molecule has 0 aliphatic carbocycles. The Labute approximate surface area is 150 Å². The van der Waals surface area contributed by atoms with Crippen LogP contribution in [0.3, 0.4) is 0 Å². The number of carbonyl (C=O) groups is 1. The van der Waals surface area contributed by atoms with Crippen LogP contribution in [-0.2, 0) is 4.79 Å². The molecule has 26 heavy (non-hydrogen) atoms. The Hall–Kier alpha value is -2.96. The number of amides is 1. The maximum atomic E-state index is 14.2. The number of rotatable bonds is 5. The van der Waals surface area contributed by atoms with E-state index in [9.17, 15) is 9.18 Å². The van der Waals surface area contributed by atoms with Crippen molar-refractivity contribution in [1.82, 2.24) is 19.5 Å². The van der Waals surface area contributed by atoms with Gasteiger partial charge in [0, 0.05) is 37.2 Å². The molecule has 6 nitrogen and oxygen atoms in total. The lowest BCUT2D eigenvalue weighted by atomic mass is 10.1. The molecule has 7 heteroatoms. The molecular weight excluding hydrogens is 333 g/mol. The van der Waals surface area contributed by atoms with Crippen molar-refractivity contribution in [2.75, 3.05) is 18.4 Å². The summed E-state index contributed by atoms with van der Waals surface area (Å²) in [5.74, 6) is 0.541. The van der Waals surface area contributed by atoms with Gasteiger partial charge in [-0.2, -0.15) is 9.61 Å². The Bertz CT molecular complexity index is 954. The number of hydrogen-bond donors (Lipinski definition) is 1. The molecule has 134 valence electrons. The summed E-state index contributed by atoms with van der Waals surface area (Å²) in [7, 11) is 0. The van der Waals surface area contributed by atoms with E-state index in [-0.39, 0.29) is 17.8 Å². The second kappa shape index (κ2) is 6.74. The molecule has 1 amide bonds. The Kier molecular flexibility index (Phi) is 4.28. The molecule has 3 heterocycles. The van der Waals surface area contributed by atoms with Gasteiger partial charge in [0.05, 0.1) is 17.9 Å². The zero-order valence-corrected chi connectivity index (χ0v) is 14.5. The van der Waals surface area contributed by atoms with Gasteiger partial charge < -0.3 is 10.2 Å². The summed E-state index contributed by atoms with van der Waals surface area (Å²) in [4.78, 5) is 18.5. The van der Waals surface area contributed by atoms with Gasteiger partial charge in [0.1, 0.15) is 11.6 Å². The summed E-state index contributed by atoms with van der Waals surface area (Å²) in [6, 6.07) is 10.1. The Balaban J connectivity index is 1.68. The highest BCUT2D eigenvalue weighted by Crippen LogP contribution is 2.26. The minimum Gasteiger partial charge on any atom is -0.365 e. The smallest absolute Gasteiger partial charge is 0.224 e. The van der Waals surface area contributed by atoms with Crippen LogP contribution in [0.1, 0.15) is 19.8 Å². The van der Waals surface area contributed by atoms with Crippen LogP contribution < -0.4 is 5.32 Å². The number of hydrogen-bond acceptors (Lipinski definition) is 4. The molecule has 1 N–H and O–H groups in total. The van der Waals surface area contributed by atoms with Crippen molar-refractivity contribution in [3.05, 3.63) is 48.4 Å². The maximum absolute atomic E-state index is 14.2. The monoisotopic (exact) mass is 353 g/mol. The first-order chi connectivity index (χ1) is 12.7. The number of benzene rings is 1. The first-order valence-corrected chi connectivity index (χ1v) is 8.79. The summed E-state index contributed by atoms with van der Waals surface area (Å²) in [5, 5.41) is 7.69. The Morgan fingerprint density at radius 1 is 1.31 bits per heavy atom. The van der Waals surface area contributed by atoms with Crippen LogP contribution in [-0.4, -0.2) is 44.5 Å². The Morgan fingerprint density at radius 2 is 2.15 bits per heavy atom. The molecule has 0 bridgehead atoms. The van der Waals surface area contributed by atoms with Crippen LogP contribution >= 0.6 is 0 Å². The number of carbonyl (C=O) groups excluding carboxylic acids is 1. The number of nitrogens with zero attached hydrogens (tertiary/aromatic N) is 4.